The largest absolute Gasteiger partial charge is 0.388 e. The topological polar surface area (TPSA) is 23.5 Å². The molecule has 18 heavy (non-hydrogen) atoms. The molecule has 2 rings (SSSR count). The van der Waals surface area contributed by atoms with Crippen LogP contribution in [0.2, 0.25) is 0 Å². The van der Waals surface area contributed by atoms with Gasteiger partial charge in [0.05, 0.1) is 6.10 Å². The maximum Gasteiger partial charge on any atom is 0.0827 e. The van der Waals surface area contributed by atoms with E-state index in [1.54, 1.807) is 0 Å². The average Bonchev–Trinajstić information content (AvgIpc) is 2.67. The highest BCUT2D eigenvalue weighted by atomic mass is 32.2. The lowest BCUT2D eigenvalue weighted by Crippen LogP contribution is -2.32. The summed E-state index contributed by atoms with van der Waals surface area (Å²) in [6.07, 6.45) is 0.931. The highest BCUT2D eigenvalue weighted by Crippen LogP contribution is 2.23. The van der Waals surface area contributed by atoms with Crippen LogP contribution in [0, 0.1) is 5.92 Å². The highest BCUT2D eigenvalue weighted by molar-refractivity contribution is 7.99. The van der Waals surface area contributed by atoms with Gasteiger partial charge in [0.25, 0.3) is 0 Å². The maximum absolute atomic E-state index is 10.4. The minimum atomic E-state index is -0.345. The second kappa shape index (κ2) is 7.17. The van der Waals surface area contributed by atoms with Crippen LogP contribution in [0.25, 0.3) is 0 Å². The summed E-state index contributed by atoms with van der Waals surface area (Å²) in [6, 6.07) is 10.0. The third-order valence-corrected chi connectivity index (χ3v) is 4.59. The Hall–Kier alpha value is -0.510. The Labute approximate surface area is 114 Å². The van der Waals surface area contributed by atoms with Gasteiger partial charge in [0.15, 0.2) is 0 Å². The molecule has 0 aromatic heterocycles. The standard InChI is InChI=1S/C15H23NOS/c1-13(12-16-8-5-10-18-11-9-16)15(17)14-6-3-2-4-7-14/h2-4,6-7,13,15,17H,5,8-12H2,1H3. The lowest BCUT2D eigenvalue weighted by Gasteiger charge is -2.27. The summed E-state index contributed by atoms with van der Waals surface area (Å²) >= 11 is 2.05. The third kappa shape index (κ3) is 4.01. The second-order valence-electron chi connectivity index (χ2n) is 5.10. The van der Waals surface area contributed by atoms with E-state index in [4.69, 9.17) is 0 Å². The van der Waals surface area contributed by atoms with Crippen LogP contribution in [0.4, 0.5) is 0 Å². The summed E-state index contributed by atoms with van der Waals surface area (Å²) < 4.78 is 0. The monoisotopic (exact) mass is 265 g/mol. The van der Waals surface area contributed by atoms with Crippen molar-refractivity contribution in [3.05, 3.63) is 35.9 Å². The van der Waals surface area contributed by atoms with Gasteiger partial charge >= 0.3 is 0 Å². The van der Waals surface area contributed by atoms with E-state index in [0.29, 0.717) is 0 Å². The fraction of sp³-hybridized carbons (Fsp3) is 0.600. The summed E-state index contributed by atoms with van der Waals surface area (Å²) in [6.45, 7) is 5.49. The molecule has 1 aliphatic heterocycles. The van der Waals surface area contributed by atoms with Gasteiger partial charge in [-0.2, -0.15) is 11.8 Å². The minimum Gasteiger partial charge on any atom is -0.388 e. The third-order valence-electron chi connectivity index (χ3n) is 3.54. The number of hydrogen-bond donors (Lipinski definition) is 1. The van der Waals surface area contributed by atoms with Crippen LogP contribution in [0.5, 0.6) is 0 Å². The van der Waals surface area contributed by atoms with E-state index < -0.39 is 0 Å². The summed E-state index contributed by atoms with van der Waals surface area (Å²) in [5.41, 5.74) is 1.04. The van der Waals surface area contributed by atoms with E-state index in [0.717, 1.165) is 18.7 Å². The first-order chi connectivity index (χ1) is 8.77. The molecule has 1 aromatic rings. The van der Waals surface area contributed by atoms with Crippen molar-refractivity contribution >= 4 is 11.8 Å². The number of aliphatic hydroxyl groups is 1. The lowest BCUT2D eigenvalue weighted by molar-refractivity contribution is 0.0903. The van der Waals surface area contributed by atoms with Gasteiger partial charge in [0.1, 0.15) is 0 Å². The fourth-order valence-electron chi connectivity index (χ4n) is 2.47. The van der Waals surface area contributed by atoms with Crippen LogP contribution in [0.15, 0.2) is 30.3 Å². The van der Waals surface area contributed by atoms with Gasteiger partial charge in [-0.05, 0) is 30.2 Å². The molecule has 0 amide bonds. The number of benzene rings is 1. The summed E-state index contributed by atoms with van der Waals surface area (Å²) in [4.78, 5) is 2.50. The molecule has 1 fully saturated rings. The molecule has 0 aliphatic carbocycles. The summed E-state index contributed by atoms with van der Waals surface area (Å²) in [5.74, 6) is 2.80. The van der Waals surface area contributed by atoms with E-state index in [1.165, 1.54) is 24.5 Å². The number of aliphatic hydroxyl groups excluding tert-OH is 1. The predicted molar refractivity (Wildman–Crippen MR) is 78.9 cm³/mol. The molecule has 1 N–H and O–H groups in total. The first-order valence-electron chi connectivity index (χ1n) is 6.80. The Morgan fingerprint density at radius 2 is 2.00 bits per heavy atom. The molecule has 100 valence electrons. The van der Waals surface area contributed by atoms with E-state index in [2.05, 4.69) is 11.8 Å². The predicted octanol–water partition coefficient (Wildman–Crippen LogP) is 2.80. The van der Waals surface area contributed by atoms with Crippen LogP contribution in [-0.4, -0.2) is 41.1 Å². The number of rotatable bonds is 4. The van der Waals surface area contributed by atoms with Crippen LogP contribution in [0.3, 0.4) is 0 Å². The van der Waals surface area contributed by atoms with Crippen molar-refractivity contribution in [1.29, 1.82) is 0 Å². The van der Waals surface area contributed by atoms with E-state index in [1.807, 2.05) is 42.1 Å². The molecular weight excluding hydrogens is 242 g/mol. The van der Waals surface area contributed by atoms with Crippen molar-refractivity contribution in [1.82, 2.24) is 4.90 Å². The Morgan fingerprint density at radius 3 is 2.78 bits per heavy atom. The van der Waals surface area contributed by atoms with Crippen molar-refractivity contribution < 1.29 is 5.11 Å². The molecule has 2 atom stereocenters. The molecule has 0 radical (unpaired) electrons. The Kier molecular flexibility index (Phi) is 5.54. The molecule has 2 nitrogen and oxygen atoms in total. The van der Waals surface area contributed by atoms with Gasteiger partial charge in [-0.3, -0.25) is 0 Å². The summed E-state index contributed by atoms with van der Waals surface area (Å²) in [5, 5.41) is 10.4. The molecule has 1 saturated heterocycles. The zero-order chi connectivity index (χ0) is 12.8. The van der Waals surface area contributed by atoms with Gasteiger partial charge in [0, 0.05) is 18.8 Å². The van der Waals surface area contributed by atoms with Crippen molar-refractivity contribution in [2.45, 2.75) is 19.4 Å². The van der Waals surface area contributed by atoms with E-state index in [9.17, 15) is 5.11 Å². The van der Waals surface area contributed by atoms with Crippen molar-refractivity contribution in [2.75, 3.05) is 31.1 Å². The molecule has 0 bridgehead atoms. The summed E-state index contributed by atoms with van der Waals surface area (Å²) in [7, 11) is 0. The average molecular weight is 265 g/mol. The molecule has 3 heteroatoms. The SMILES string of the molecule is CC(CN1CCCSCC1)C(O)c1ccccc1. The Morgan fingerprint density at radius 1 is 1.22 bits per heavy atom. The van der Waals surface area contributed by atoms with Gasteiger partial charge in [-0.1, -0.05) is 37.3 Å². The van der Waals surface area contributed by atoms with Gasteiger partial charge in [-0.25, -0.2) is 0 Å². The lowest BCUT2D eigenvalue weighted by atomic mass is 9.97. The zero-order valence-corrected chi connectivity index (χ0v) is 11.9. The normalized spacial score (nSPS) is 21.2. The van der Waals surface area contributed by atoms with Gasteiger partial charge < -0.3 is 10.0 Å². The maximum atomic E-state index is 10.4. The van der Waals surface area contributed by atoms with Crippen LogP contribution < -0.4 is 0 Å². The molecule has 0 saturated carbocycles. The molecular formula is C15H23NOS. The van der Waals surface area contributed by atoms with Gasteiger partial charge in [0.2, 0.25) is 0 Å². The number of nitrogens with zero attached hydrogens (tertiary/aromatic N) is 1. The van der Waals surface area contributed by atoms with E-state index >= 15 is 0 Å². The molecule has 0 spiro atoms. The van der Waals surface area contributed by atoms with Crippen molar-refractivity contribution in [2.24, 2.45) is 5.92 Å². The van der Waals surface area contributed by atoms with E-state index in [-0.39, 0.29) is 12.0 Å². The van der Waals surface area contributed by atoms with Crippen LogP contribution >= 0.6 is 11.8 Å². The highest BCUT2D eigenvalue weighted by Gasteiger charge is 2.19. The Balaban J connectivity index is 1.88. The smallest absolute Gasteiger partial charge is 0.0827 e. The fourth-order valence-corrected chi connectivity index (χ4v) is 3.39. The first-order valence-corrected chi connectivity index (χ1v) is 7.96. The van der Waals surface area contributed by atoms with Crippen molar-refractivity contribution in [3.8, 4) is 0 Å². The van der Waals surface area contributed by atoms with Crippen molar-refractivity contribution in [3.63, 3.8) is 0 Å². The van der Waals surface area contributed by atoms with Gasteiger partial charge in [-0.15, -0.1) is 0 Å². The molecule has 1 heterocycles. The first kappa shape index (κ1) is 13.9. The molecule has 1 aliphatic rings. The molecule has 1 aromatic carbocycles. The van der Waals surface area contributed by atoms with Crippen LogP contribution in [0.1, 0.15) is 25.0 Å². The quantitative estimate of drug-likeness (QED) is 0.905. The number of thioether (sulfide) groups is 1. The number of hydrogen-bond acceptors (Lipinski definition) is 3. The van der Waals surface area contributed by atoms with Crippen LogP contribution in [-0.2, 0) is 0 Å². The zero-order valence-electron chi connectivity index (χ0n) is 11.1. The Bertz CT molecular complexity index is 336. The minimum absolute atomic E-state index is 0.287. The molecule has 2 unspecified atom stereocenters. The second-order valence-corrected chi connectivity index (χ2v) is 6.32.